The molecular weight excluding hydrogens is 132 g/mol. The highest BCUT2D eigenvalue weighted by molar-refractivity contribution is 4.89. The van der Waals surface area contributed by atoms with Crippen LogP contribution in [0, 0.1) is 0 Å². The van der Waals surface area contributed by atoms with Gasteiger partial charge in [-0.15, -0.1) is 0 Å². The highest BCUT2D eigenvalue weighted by Crippen LogP contribution is 1.84. The predicted octanol–water partition coefficient (Wildman–Crippen LogP) is -1.90. The third-order valence-corrected chi connectivity index (χ3v) is 0.984. The number of nitrogens with two attached hydrogens (primary N) is 2. The van der Waals surface area contributed by atoms with E-state index in [1.807, 2.05) is 0 Å². The molecule has 0 spiro atoms. The number of aromatic nitrogens is 3. The van der Waals surface area contributed by atoms with Crippen molar-refractivity contribution in [3.8, 4) is 0 Å². The fourth-order valence-electron chi connectivity index (χ4n) is 0.533. The van der Waals surface area contributed by atoms with Gasteiger partial charge < -0.3 is 11.5 Å². The molecule has 1 aromatic rings. The summed E-state index contributed by atoms with van der Waals surface area (Å²) in [5.74, 6) is 0. The van der Waals surface area contributed by atoms with Crippen LogP contribution in [0.1, 0.15) is 5.69 Å². The van der Waals surface area contributed by atoms with E-state index in [2.05, 4.69) is 20.7 Å². The Morgan fingerprint density at radius 3 is 3.00 bits per heavy atom. The number of nitrogens with zero attached hydrogens (tertiary/aromatic N) is 2. The number of hydrogen-bond acceptors (Lipinski definition) is 5. The first-order chi connectivity index (χ1) is 4.79. The summed E-state index contributed by atoms with van der Waals surface area (Å²) in [6, 6.07) is 0. The molecule has 0 aliphatic heterocycles. The first kappa shape index (κ1) is 7.13. The van der Waals surface area contributed by atoms with E-state index in [1.165, 1.54) is 0 Å². The third-order valence-electron chi connectivity index (χ3n) is 0.984. The summed E-state index contributed by atoms with van der Waals surface area (Å²) in [7, 11) is 0. The quantitative estimate of drug-likeness (QED) is 0.369. The Balaban J connectivity index is 2.28. The summed E-state index contributed by atoms with van der Waals surface area (Å²) in [4.78, 5) is 0. The monoisotopic (exact) mass is 142 g/mol. The minimum Gasteiger partial charge on any atom is -0.304 e. The lowest BCUT2D eigenvalue weighted by Crippen LogP contribution is -2.44. The van der Waals surface area contributed by atoms with Gasteiger partial charge >= 0.3 is 0 Å². The zero-order valence-electron chi connectivity index (χ0n) is 5.41. The lowest BCUT2D eigenvalue weighted by atomic mass is 10.5. The van der Waals surface area contributed by atoms with E-state index >= 15 is 0 Å². The zero-order valence-corrected chi connectivity index (χ0v) is 5.41. The zero-order chi connectivity index (χ0) is 7.40. The molecule has 1 heterocycles. The number of hydrogen-bond donors (Lipinski definition) is 4. The maximum atomic E-state index is 5.22. The van der Waals surface area contributed by atoms with Gasteiger partial charge in [-0.25, -0.2) is 0 Å². The van der Waals surface area contributed by atoms with Crippen molar-refractivity contribution in [2.24, 2.45) is 11.5 Å². The smallest absolute Gasteiger partial charge is 0.107 e. The number of aromatic amines is 1. The van der Waals surface area contributed by atoms with Crippen LogP contribution in [-0.4, -0.2) is 21.7 Å². The fourth-order valence-corrected chi connectivity index (χ4v) is 0.533. The molecule has 0 saturated carbocycles. The summed E-state index contributed by atoms with van der Waals surface area (Å²) in [6.07, 6.45) is 1.10. The van der Waals surface area contributed by atoms with Crippen LogP contribution in [0.2, 0.25) is 0 Å². The highest BCUT2D eigenvalue weighted by Gasteiger charge is 1.95. The molecule has 6 heteroatoms. The van der Waals surface area contributed by atoms with Crippen molar-refractivity contribution in [1.82, 2.24) is 20.7 Å². The van der Waals surface area contributed by atoms with E-state index in [0.717, 1.165) is 5.69 Å². The number of nitrogens with one attached hydrogen (secondary N) is 2. The SMILES string of the molecule is NC(N)NCc1cn[nH]n1. The minimum absolute atomic E-state index is 0.503. The Morgan fingerprint density at radius 1 is 1.70 bits per heavy atom. The number of rotatable bonds is 3. The van der Waals surface area contributed by atoms with Crippen molar-refractivity contribution in [3.63, 3.8) is 0 Å². The van der Waals surface area contributed by atoms with Crippen LogP contribution in [-0.2, 0) is 6.54 Å². The van der Waals surface area contributed by atoms with Gasteiger partial charge in [0.2, 0.25) is 0 Å². The van der Waals surface area contributed by atoms with E-state index in [9.17, 15) is 0 Å². The van der Waals surface area contributed by atoms with Crippen molar-refractivity contribution >= 4 is 0 Å². The molecule has 0 aromatic carbocycles. The fraction of sp³-hybridized carbons (Fsp3) is 0.500. The first-order valence-corrected chi connectivity index (χ1v) is 2.88. The Labute approximate surface area is 58.0 Å². The molecule has 1 aromatic heterocycles. The van der Waals surface area contributed by atoms with Gasteiger partial charge in [0, 0.05) is 6.54 Å². The van der Waals surface area contributed by atoms with E-state index in [4.69, 9.17) is 11.5 Å². The Morgan fingerprint density at radius 2 is 2.50 bits per heavy atom. The van der Waals surface area contributed by atoms with Gasteiger partial charge in [0.05, 0.1) is 11.9 Å². The molecule has 0 amide bonds. The van der Waals surface area contributed by atoms with E-state index in [0.29, 0.717) is 6.54 Å². The van der Waals surface area contributed by atoms with Crippen LogP contribution < -0.4 is 16.8 Å². The second-order valence-corrected chi connectivity index (χ2v) is 1.87. The van der Waals surface area contributed by atoms with Crippen LogP contribution in [0.4, 0.5) is 0 Å². The highest BCUT2D eigenvalue weighted by atomic mass is 15.3. The Kier molecular flexibility index (Phi) is 2.32. The topological polar surface area (TPSA) is 106 Å². The summed E-state index contributed by atoms with van der Waals surface area (Å²) >= 11 is 0. The number of H-pyrrole nitrogens is 1. The lowest BCUT2D eigenvalue weighted by molar-refractivity contribution is 0.539. The molecule has 56 valence electrons. The maximum absolute atomic E-state index is 5.22. The van der Waals surface area contributed by atoms with Crippen LogP contribution in [0.15, 0.2) is 6.20 Å². The predicted molar refractivity (Wildman–Crippen MR) is 35.4 cm³/mol. The van der Waals surface area contributed by atoms with Crippen molar-refractivity contribution < 1.29 is 0 Å². The van der Waals surface area contributed by atoms with Crippen molar-refractivity contribution in [2.75, 3.05) is 0 Å². The van der Waals surface area contributed by atoms with Gasteiger partial charge in [-0.1, -0.05) is 0 Å². The molecule has 6 N–H and O–H groups in total. The third kappa shape index (κ3) is 2.09. The Hall–Kier alpha value is -0.980. The van der Waals surface area contributed by atoms with Crippen molar-refractivity contribution in [3.05, 3.63) is 11.9 Å². The van der Waals surface area contributed by atoms with Crippen LogP contribution in [0.25, 0.3) is 0 Å². The molecule has 0 bridgehead atoms. The second-order valence-electron chi connectivity index (χ2n) is 1.87. The molecule has 0 unspecified atom stereocenters. The average Bonchev–Trinajstić information content (AvgIpc) is 2.34. The average molecular weight is 142 g/mol. The molecule has 0 radical (unpaired) electrons. The molecular formula is C4H10N6. The van der Waals surface area contributed by atoms with E-state index in [-0.39, 0.29) is 0 Å². The van der Waals surface area contributed by atoms with Crippen LogP contribution in [0.3, 0.4) is 0 Å². The van der Waals surface area contributed by atoms with Gasteiger partial charge in [-0.2, -0.15) is 15.4 Å². The Bertz CT molecular complexity index is 168. The largest absolute Gasteiger partial charge is 0.304 e. The second kappa shape index (κ2) is 3.25. The maximum Gasteiger partial charge on any atom is 0.107 e. The van der Waals surface area contributed by atoms with E-state index < -0.39 is 6.29 Å². The summed E-state index contributed by atoms with van der Waals surface area (Å²) in [5.41, 5.74) is 11.2. The van der Waals surface area contributed by atoms with Gasteiger partial charge in [0.25, 0.3) is 0 Å². The molecule has 0 aliphatic carbocycles. The lowest BCUT2D eigenvalue weighted by Gasteiger charge is -2.04. The van der Waals surface area contributed by atoms with Gasteiger partial charge in [-0.05, 0) is 0 Å². The minimum atomic E-state index is -0.503. The summed E-state index contributed by atoms with van der Waals surface area (Å²) < 4.78 is 0. The van der Waals surface area contributed by atoms with Gasteiger partial charge in [0.15, 0.2) is 0 Å². The molecule has 6 nitrogen and oxygen atoms in total. The van der Waals surface area contributed by atoms with E-state index in [1.54, 1.807) is 6.20 Å². The van der Waals surface area contributed by atoms with Crippen molar-refractivity contribution in [1.29, 1.82) is 0 Å². The summed E-state index contributed by atoms with van der Waals surface area (Å²) in [5, 5.41) is 12.6. The molecule has 10 heavy (non-hydrogen) atoms. The molecule has 0 aliphatic rings. The molecule has 0 saturated heterocycles. The standard InChI is InChI=1S/C4H10N6/c5-4(6)7-1-3-2-8-10-9-3/h2,4,7H,1,5-6H2,(H,8,9,10). The normalized spacial score (nSPS) is 10.7. The van der Waals surface area contributed by atoms with Crippen LogP contribution in [0.5, 0.6) is 0 Å². The molecule has 0 atom stereocenters. The van der Waals surface area contributed by atoms with Crippen molar-refractivity contribution in [2.45, 2.75) is 12.8 Å². The summed E-state index contributed by atoms with van der Waals surface area (Å²) in [6.45, 7) is 0.536. The van der Waals surface area contributed by atoms with Gasteiger partial charge in [-0.3, -0.25) is 5.32 Å². The first-order valence-electron chi connectivity index (χ1n) is 2.88. The molecule has 1 rings (SSSR count). The van der Waals surface area contributed by atoms with Crippen LogP contribution >= 0.6 is 0 Å². The molecule has 0 fully saturated rings. The van der Waals surface area contributed by atoms with Gasteiger partial charge in [0.1, 0.15) is 6.29 Å².